The Hall–Kier alpha value is -1.69. The van der Waals surface area contributed by atoms with Crippen molar-refractivity contribution in [2.24, 2.45) is 4.99 Å². The van der Waals surface area contributed by atoms with Crippen molar-refractivity contribution in [1.82, 2.24) is 0 Å². The number of carbonyl (C=O) groups is 1. The van der Waals surface area contributed by atoms with Crippen LogP contribution in [0.5, 0.6) is 11.5 Å². The van der Waals surface area contributed by atoms with E-state index < -0.39 is 5.54 Å². The number of aromatic hydroxyl groups is 1. The molecule has 0 saturated carbocycles. The van der Waals surface area contributed by atoms with Crippen LogP contribution in [0.15, 0.2) is 23.2 Å². The van der Waals surface area contributed by atoms with Gasteiger partial charge in [0.05, 0.1) is 13.2 Å². The fourth-order valence-electron chi connectivity index (χ4n) is 2.70. The number of nitrogens with zero attached hydrogens (tertiary/aromatic N) is 1. The fourth-order valence-corrected chi connectivity index (χ4v) is 3.90. The van der Waals surface area contributed by atoms with Crippen LogP contribution in [0.4, 0.5) is 0 Å². The first-order valence-electron chi connectivity index (χ1n) is 9.36. The number of hydrogen-bond donors (Lipinski definition) is 1. The topological polar surface area (TPSA) is 68.1 Å². The third-order valence-electron chi connectivity index (χ3n) is 4.27. The first-order valence-corrected chi connectivity index (χ1v) is 10.3. The molecule has 1 N–H and O–H groups in total. The molecule has 26 heavy (non-hydrogen) atoms. The van der Waals surface area contributed by atoms with Crippen LogP contribution in [0.25, 0.3) is 0 Å². The monoisotopic (exact) mass is 379 g/mol. The molecule has 0 saturated heterocycles. The molecule has 5 nitrogen and oxygen atoms in total. The Balaban J connectivity index is 1.96. The van der Waals surface area contributed by atoms with E-state index >= 15 is 0 Å². The van der Waals surface area contributed by atoms with Crippen molar-refractivity contribution in [3.63, 3.8) is 0 Å². The largest absolute Gasteiger partial charge is 0.507 e. The van der Waals surface area contributed by atoms with Gasteiger partial charge in [-0.1, -0.05) is 32.6 Å². The van der Waals surface area contributed by atoms with E-state index in [9.17, 15) is 9.90 Å². The second kappa shape index (κ2) is 9.86. The van der Waals surface area contributed by atoms with Crippen LogP contribution in [0.3, 0.4) is 0 Å². The van der Waals surface area contributed by atoms with Gasteiger partial charge in [-0.3, -0.25) is 4.99 Å². The van der Waals surface area contributed by atoms with Crippen molar-refractivity contribution in [3.8, 4) is 11.5 Å². The third-order valence-corrected chi connectivity index (χ3v) is 5.56. The van der Waals surface area contributed by atoms with E-state index in [1.807, 2.05) is 6.07 Å². The van der Waals surface area contributed by atoms with Gasteiger partial charge >= 0.3 is 5.97 Å². The smallest absolute Gasteiger partial charge is 0.334 e. The second-order valence-electron chi connectivity index (χ2n) is 6.64. The zero-order valence-corrected chi connectivity index (χ0v) is 16.7. The Labute approximate surface area is 160 Å². The van der Waals surface area contributed by atoms with Gasteiger partial charge in [-0.25, -0.2) is 4.79 Å². The Morgan fingerprint density at radius 3 is 2.73 bits per heavy atom. The Kier molecular flexibility index (Phi) is 7.82. The molecule has 1 aromatic carbocycles. The average Bonchev–Trinajstić information content (AvgIpc) is 3.02. The lowest BCUT2D eigenvalue weighted by Crippen LogP contribution is -2.35. The molecule has 144 valence electrons. The van der Waals surface area contributed by atoms with Crippen LogP contribution in [0.1, 0.15) is 58.4 Å². The molecular formula is C20H29NO4S. The summed E-state index contributed by atoms with van der Waals surface area (Å²) in [6.07, 6.45) is 5.91. The predicted octanol–water partition coefficient (Wildman–Crippen LogP) is 4.56. The quantitative estimate of drug-likeness (QED) is 0.477. The maximum absolute atomic E-state index is 12.1. The maximum atomic E-state index is 12.1. The van der Waals surface area contributed by atoms with Crippen molar-refractivity contribution in [2.75, 3.05) is 19.0 Å². The highest BCUT2D eigenvalue weighted by Gasteiger charge is 2.40. The summed E-state index contributed by atoms with van der Waals surface area (Å²) in [5.74, 6) is 0.952. The zero-order chi connectivity index (χ0) is 19.0. The molecule has 1 atom stereocenters. The number of ether oxygens (including phenoxy) is 2. The third kappa shape index (κ3) is 5.40. The van der Waals surface area contributed by atoms with Crippen LogP contribution in [-0.2, 0) is 9.53 Å². The van der Waals surface area contributed by atoms with Gasteiger partial charge in [-0.05, 0) is 32.4 Å². The normalized spacial score (nSPS) is 19.3. The van der Waals surface area contributed by atoms with Crippen LogP contribution in [0, 0.1) is 0 Å². The summed E-state index contributed by atoms with van der Waals surface area (Å²) < 4.78 is 10.8. The van der Waals surface area contributed by atoms with E-state index in [0.717, 1.165) is 12.8 Å². The van der Waals surface area contributed by atoms with E-state index in [0.29, 0.717) is 35.3 Å². The number of phenolic OH excluding ortho intramolecular Hbond substituents is 1. The molecule has 1 heterocycles. The fraction of sp³-hybridized carbons (Fsp3) is 0.600. The van der Waals surface area contributed by atoms with Crippen molar-refractivity contribution in [3.05, 3.63) is 23.8 Å². The molecule has 0 unspecified atom stereocenters. The van der Waals surface area contributed by atoms with Crippen molar-refractivity contribution in [2.45, 2.75) is 58.4 Å². The van der Waals surface area contributed by atoms with Gasteiger partial charge < -0.3 is 14.6 Å². The minimum absolute atomic E-state index is 0.118. The lowest BCUT2D eigenvalue weighted by molar-refractivity contribution is -0.147. The summed E-state index contributed by atoms with van der Waals surface area (Å²) in [5, 5.41) is 11.0. The van der Waals surface area contributed by atoms with E-state index in [1.54, 1.807) is 26.0 Å². The highest BCUT2D eigenvalue weighted by molar-refractivity contribution is 8.14. The molecule has 0 aliphatic carbocycles. The number of benzene rings is 1. The van der Waals surface area contributed by atoms with Gasteiger partial charge in [0.15, 0.2) is 5.54 Å². The minimum atomic E-state index is -0.893. The number of carbonyl (C=O) groups excluding carboxylic acids is 1. The number of hydrogen-bond acceptors (Lipinski definition) is 6. The zero-order valence-electron chi connectivity index (χ0n) is 15.9. The van der Waals surface area contributed by atoms with Gasteiger partial charge in [0, 0.05) is 17.4 Å². The lowest BCUT2D eigenvalue weighted by atomic mass is 10.1. The summed E-state index contributed by atoms with van der Waals surface area (Å²) in [6, 6.07) is 5.25. The summed E-state index contributed by atoms with van der Waals surface area (Å²) in [7, 11) is 0. The standard InChI is InChI=1S/C20H29NO4S/c1-4-6-7-8-9-12-25-15-10-11-16(17(22)13-15)18-21-20(3,14-26-18)19(23)24-5-2/h10-11,13,22H,4-9,12,14H2,1-3H3/t20-/m1/s1. The van der Waals surface area contributed by atoms with Crippen LogP contribution in [0.2, 0.25) is 0 Å². The molecule has 2 rings (SSSR count). The summed E-state index contributed by atoms with van der Waals surface area (Å²) in [4.78, 5) is 16.6. The first kappa shape index (κ1) is 20.6. The maximum Gasteiger partial charge on any atom is 0.334 e. The van der Waals surface area contributed by atoms with Gasteiger partial charge in [0.25, 0.3) is 0 Å². The lowest BCUT2D eigenvalue weighted by Gasteiger charge is -2.16. The van der Waals surface area contributed by atoms with Crippen molar-refractivity contribution < 1.29 is 19.4 Å². The molecule has 0 bridgehead atoms. The molecule has 0 radical (unpaired) electrons. The first-order chi connectivity index (χ1) is 12.5. The van der Waals surface area contributed by atoms with Crippen LogP contribution >= 0.6 is 11.8 Å². The molecule has 0 aromatic heterocycles. The second-order valence-corrected chi connectivity index (χ2v) is 7.61. The van der Waals surface area contributed by atoms with E-state index in [-0.39, 0.29) is 11.7 Å². The van der Waals surface area contributed by atoms with E-state index in [4.69, 9.17) is 9.47 Å². The molecule has 0 amide bonds. The van der Waals surface area contributed by atoms with Gasteiger partial charge in [-0.2, -0.15) is 0 Å². The Bertz CT molecular complexity index is 647. The number of esters is 1. The molecule has 0 spiro atoms. The van der Waals surface area contributed by atoms with Crippen LogP contribution in [-0.4, -0.2) is 40.6 Å². The molecular weight excluding hydrogens is 350 g/mol. The number of phenols is 1. The van der Waals surface area contributed by atoms with E-state index in [1.165, 1.54) is 31.0 Å². The van der Waals surface area contributed by atoms with Crippen LogP contribution < -0.4 is 4.74 Å². The summed E-state index contributed by atoms with van der Waals surface area (Å²) >= 11 is 1.45. The molecule has 1 aliphatic rings. The molecule has 1 aliphatic heterocycles. The SMILES string of the molecule is CCCCCCCOc1ccc(C2=N[C@@](C)(C(=O)OCC)CS2)c(O)c1. The Morgan fingerprint density at radius 2 is 2.04 bits per heavy atom. The predicted molar refractivity (Wildman–Crippen MR) is 106 cm³/mol. The average molecular weight is 380 g/mol. The highest BCUT2D eigenvalue weighted by Crippen LogP contribution is 2.36. The number of aliphatic imine (C=N–C) groups is 1. The number of unbranched alkanes of at least 4 members (excludes halogenated alkanes) is 4. The molecule has 0 fully saturated rings. The summed E-state index contributed by atoms with van der Waals surface area (Å²) in [6.45, 7) is 6.72. The molecule has 6 heteroatoms. The van der Waals surface area contributed by atoms with Gasteiger partial charge in [-0.15, -0.1) is 11.8 Å². The number of thioether (sulfide) groups is 1. The summed E-state index contributed by atoms with van der Waals surface area (Å²) in [5.41, 5.74) is -0.269. The Morgan fingerprint density at radius 1 is 1.27 bits per heavy atom. The number of rotatable bonds is 10. The van der Waals surface area contributed by atoms with E-state index in [2.05, 4.69) is 11.9 Å². The minimum Gasteiger partial charge on any atom is -0.507 e. The van der Waals surface area contributed by atoms with Crippen molar-refractivity contribution >= 4 is 22.8 Å². The van der Waals surface area contributed by atoms with Gasteiger partial charge in [0.2, 0.25) is 0 Å². The highest BCUT2D eigenvalue weighted by atomic mass is 32.2. The van der Waals surface area contributed by atoms with Gasteiger partial charge in [0.1, 0.15) is 16.5 Å². The molecule has 1 aromatic rings. The van der Waals surface area contributed by atoms with Crippen molar-refractivity contribution in [1.29, 1.82) is 0 Å².